The molecule has 4 nitrogen and oxygen atoms in total. The highest BCUT2D eigenvalue weighted by atomic mass is 16.5. The molecule has 0 amide bonds. The molecule has 1 fully saturated rings. The van der Waals surface area contributed by atoms with E-state index in [9.17, 15) is 0 Å². The van der Waals surface area contributed by atoms with E-state index in [2.05, 4.69) is 11.8 Å². The van der Waals surface area contributed by atoms with Gasteiger partial charge in [-0.15, -0.1) is 0 Å². The van der Waals surface area contributed by atoms with Gasteiger partial charge >= 0.3 is 0 Å². The standard InChI is InChI=1S/C10H22N2O2/c1-3-10-8-14-5-4-12(10)6-9(11)7-13-2/h9-10H,3-8,11H2,1-2H3. The predicted molar refractivity (Wildman–Crippen MR) is 56.3 cm³/mol. The van der Waals surface area contributed by atoms with Crippen molar-refractivity contribution in [1.29, 1.82) is 0 Å². The molecule has 1 aliphatic rings. The van der Waals surface area contributed by atoms with E-state index in [0.29, 0.717) is 12.6 Å². The maximum absolute atomic E-state index is 5.92. The summed E-state index contributed by atoms with van der Waals surface area (Å²) in [6, 6.07) is 0.652. The summed E-state index contributed by atoms with van der Waals surface area (Å²) in [7, 11) is 1.69. The molecule has 0 aromatic rings. The smallest absolute Gasteiger partial charge is 0.0626 e. The van der Waals surface area contributed by atoms with Crippen LogP contribution in [0.25, 0.3) is 0 Å². The molecule has 0 aliphatic carbocycles. The van der Waals surface area contributed by atoms with E-state index >= 15 is 0 Å². The Morgan fingerprint density at radius 2 is 2.43 bits per heavy atom. The van der Waals surface area contributed by atoms with Gasteiger partial charge in [-0.25, -0.2) is 0 Å². The van der Waals surface area contributed by atoms with Gasteiger partial charge < -0.3 is 15.2 Å². The molecule has 0 saturated carbocycles. The maximum atomic E-state index is 5.92. The SMILES string of the molecule is CCC1COCCN1CC(N)COC. The van der Waals surface area contributed by atoms with E-state index in [1.54, 1.807) is 7.11 Å². The Labute approximate surface area is 86.3 Å². The average molecular weight is 202 g/mol. The fourth-order valence-electron chi connectivity index (χ4n) is 1.87. The van der Waals surface area contributed by atoms with E-state index in [0.717, 1.165) is 32.7 Å². The Balaban J connectivity index is 2.32. The normalized spacial score (nSPS) is 26.4. The van der Waals surface area contributed by atoms with Crippen LogP contribution in [0.3, 0.4) is 0 Å². The van der Waals surface area contributed by atoms with Crippen LogP contribution in [0.5, 0.6) is 0 Å². The van der Waals surface area contributed by atoms with Gasteiger partial charge in [0.05, 0.1) is 19.8 Å². The van der Waals surface area contributed by atoms with Gasteiger partial charge in [-0.05, 0) is 6.42 Å². The Hall–Kier alpha value is -0.160. The molecule has 2 N–H and O–H groups in total. The molecule has 1 aliphatic heterocycles. The number of hydrogen-bond acceptors (Lipinski definition) is 4. The van der Waals surface area contributed by atoms with Crippen molar-refractivity contribution in [3.05, 3.63) is 0 Å². The lowest BCUT2D eigenvalue weighted by molar-refractivity contribution is -0.0142. The highest BCUT2D eigenvalue weighted by Gasteiger charge is 2.22. The van der Waals surface area contributed by atoms with Crippen molar-refractivity contribution in [3.8, 4) is 0 Å². The van der Waals surface area contributed by atoms with Crippen molar-refractivity contribution in [2.24, 2.45) is 5.73 Å². The molecule has 0 bridgehead atoms. The number of methoxy groups -OCH3 is 1. The Kier molecular flexibility index (Phi) is 5.40. The molecule has 84 valence electrons. The molecule has 1 saturated heterocycles. The third-order valence-electron chi connectivity index (χ3n) is 2.67. The van der Waals surface area contributed by atoms with Gasteiger partial charge in [0.15, 0.2) is 0 Å². The van der Waals surface area contributed by atoms with E-state index < -0.39 is 0 Å². The molecular formula is C10H22N2O2. The molecule has 4 heteroatoms. The van der Waals surface area contributed by atoms with Crippen LogP contribution < -0.4 is 5.73 Å². The van der Waals surface area contributed by atoms with Gasteiger partial charge in [0.25, 0.3) is 0 Å². The summed E-state index contributed by atoms with van der Waals surface area (Å²) in [4.78, 5) is 2.41. The van der Waals surface area contributed by atoms with Gasteiger partial charge in [-0.3, -0.25) is 4.90 Å². The second-order valence-electron chi connectivity index (χ2n) is 3.85. The summed E-state index contributed by atoms with van der Waals surface area (Å²) in [5.41, 5.74) is 5.92. The number of hydrogen-bond donors (Lipinski definition) is 1. The second-order valence-corrected chi connectivity index (χ2v) is 3.85. The van der Waals surface area contributed by atoms with Crippen LogP contribution in [-0.2, 0) is 9.47 Å². The number of morpholine rings is 1. The largest absolute Gasteiger partial charge is 0.383 e. The van der Waals surface area contributed by atoms with Crippen molar-refractivity contribution in [1.82, 2.24) is 4.90 Å². The molecule has 2 unspecified atom stereocenters. The zero-order chi connectivity index (χ0) is 10.4. The molecule has 0 radical (unpaired) electrons. The first-order valence-electron chi connectivity index (χ1n) is 5.34. The number of rotatable bonds is 5. The van der Waals surface area contributed by atoms with Crippen molar-refractivity contribution in [2.45, 2.75) is 25.4 Å². The fourth-order valence-corrected chi connectivity index (χ4v) is 1.87. The van der Waals surface area contributed by atoms with Crippen LogP contribution >= 0.6 is 0 Å². The summed E-state index contributed by atoms with van der Waals surface area (Å²) in [6.07, 6.45) is 1.12. The molecule has 0 aromatic carbocycles. The zero-order valence-corrected chi connectivity index (χ0v) is 9.24. The highest BCUT2D eigenvalue weighted by Crippen LogP contribution is 2.10. The minimum atomic E-state index is 0.118. The van der Waals surface area contributed by atoms with Crippen LogP contribution in [-0.4, -0.2) is 57.0 Å². The van der Waals surface area contributed by atoms with E-state index in [1.807, 2.05) is 0 Å². The fraction of sp³-hybridized carbons (Fsp3) is 1.00. The van der Waals surface area contributed by atoms with Crippen molar-refractivity contribution in [2.75, 3.05) is 40.0 Å². The minimum absolute atomic E-state index is 0.118. The van der Waals surface area contributed by atoms with Gasteiger partial charge in [0.2, 0.25) is 0 Å². The molecular weight excluding hydrogens is 180 g/mol. The Morgan fingerprint density at radius 1 is 1.64 bits per heavy atom. The van der Waals surface area contributed by atoms with E-state index in [1.165, 1.54) is 0 Å². The first kappa shape index (κ1) is 11.9. The number of nitrogens with zero attached hydrogens (tertiary/aromatic N) is 1. The summed E-state index contributed by atoms with van der Waals surface area (Å²) in [6.45, 7) is 6.40. The first-order chi connectivity index (χ1) is 6.77. The minimum Gasteiger partial charge on any atom is -0.383 e. The number of ether oxygens (including phenoxy) is 2. The van der Waals surface area contributed by atoms with Crippen LogP contribution in [0, 0.1) is 0 Å². The molecule has 0 spiro atoms. The van der Waals surface area contributed by atoms with Crippen LogP contribution in [0.4, 0.5) is 0 Å². The molecule has 1 heterocycles. The van der Waals surface area contributed by atoms with E-state index in [4.69, 9.17) is 15.2 Å². The van der Waals surface area contributed by atoms with Crippen molar-refractivity contribution >= 4 is 0 Å². The summed E-state index contributed by atoms with van der Waals surface area (Å²) >= 11 is 0. The van der Waals surface area contributed by atoms with Crippen molar-refractivity contribution in [3.63, 3.8) is 0 Å². The van der Waals surface area contributed by atoms with Crippen LogP contribution in [0.1, 0.15) is 13.3 Å². The topological polar surface area (TPSA) is 47.7 Å². The molecule has 1 rings (SSSR count). The highest BCUT2D eigenvalue weighted by molar-refractivity contribution is 4.77. The second kappa shape index (κ2) is 6.35. The summed E-state index contributed by atoms with van der Waals surface area (Å²) in [5, 5.41) is 0. The third-order valence-corrected chi connectivity index (χ3v) is 2.67. The molecule has 0 aromatic heterocycles. The zero-order valence-electron chi connectivity index (χ0n) is 9.24. The Morgan fingerprint density at radius 3 is 3.07 bits per heavy atom. The summed E-state index contributed by atoms with van der Waals surface area (Å²) in [5.74, 6) is 0. The van der Waals surface area contributed by atoms with Gasteiger partial charge in [-0.2, -0.15) is 0 Å². The van der Waals surface area contributed by atoms with Crippen molar-refractivity contribution < 1.29 is 9.47 Å². The average Bonchev–Trinajstić information content (AvgIpc) is 2.19. The van der Waals surface area contributed by atoms with Crippen LogP contribution in [0.15, 0.2) is 0 Å². The van der Waals surface area contributed by atoms with Crippen LogP contribution in [0.2, 0.25) is 0 Å². The summed E-state index contributed by atoms with van der Waals surface area (Å²) < 4.78 is 10.5. The first-order valence-corrected chi connectivity index (χ1v) is 5.34. The van der Waals surface area contributed by atoms with Gasteiger partial charge in [-0.1, -0.05) is 6.92 Å². The lowest BCUT2D eigenvalue weighted by atomic mass is 10.1. The maximum Gasteiger partial charge on any atom is 0.0626 e. The number of nitrogens with two attached hydrogens (primary N) is 1. The Bertz CT molecular complexity index is 155. The predicted octanol–water partition coefficient (Wildman–Crippen LogP) is 0.0709. The molecule has 2 atom stereocenters. The van der Waals surface area contributed by atoms with Gasteiger partial charge in [0, 0.05) is 32.3 Å². The quantitative estimate of drug-likeness (QED) is 0.685. The third kappa shape index (κ3) is 3.53. The van der Waals surface area contributed by atoms with Gasteiger partial charge in [0.1, 0.15) is 0 Å². The lowest BCUT2D eigenvalue weighted by Crippen LogP contribution is -2.50. The monoisotopic (exact) mass is 202 g/mol. The van der Waals surface area contributed by atoms with E-state index in [-0.39, 0.29) is 6.04 Å². The molecule has 14 heavy (non-hydrogen) atoms. The lowest BCUT2D eigenvalue weighted by Gasteiger charge is -2.36.